The van der Waals surface area contributed by atoms with Crippen molar-refractivity contribution in [2.24, 2.45) is 5.73 Å². The number of hydrogen-bond acceptors (Lipinski definition) is 2. The Morgan fingerprint density at radius 3 is 2.11 bits per heavy atom. The molecule has 0 radical (unpaired) electrons. The van der Waals surface area contributed by atoms with E-state index in [0.717, 1.165) is 13.1 Å². The van der Waals surface area contributed by atoms with Gasteiger partial charge in [0.1, 0.15) is 0 Å². The molecule has 0 aromatic heterocycles. The number of nitrogens with two attached hydrogens (primary N) is 1. The van der Waals surface area contributed by atoms with E-state index in [1.165, 1.54) is 11.1 Å². The van der Waals surface area contributed by atoms with Crippen molar-refractivity contribution in [1.29, 1.82) is 0 Å². The number of nitrogens with one attached hydrogen (secondary N) is 1. The van der Waals surface area contributed by atoms with Gasteiger partial charge in [-0.1, -0.05) is 52.0 Å². The Bertz CT molecular complexity index is 350. The molecule has 0 heterocycles. The lowest BCUT2D eigenvalue weighted by Gasteiger charge is -2.26. The Morgan fingerprint density at radius 1 is 1.11 bits per heavy atom. The zero-order valence-corrected chi connectivity index (χ0v) is 12.5. The zero-order chi connectivity index (χ0) is 13.8. The predicted molar refractivity (Wildman–Crippen MR) is 80.1 cm³/mol. The molecule has 0 amide bonds. The lowest BCUT2D eigenvalue weighted by atomic mass is 9.83. The first-order chi connectivity index (χ1) is 8.33. The van der Waals surface area contributed by atoms with Crippen LogP contribution in [0, 0.1) is 0 Å². The van der Waals surface area contributed by atoms with Crippen molar-refractivity contribution < 1.29 is 0 Å². The molecule has 0 aliphatic rings. The summed E-state index contributed by atoms with van der Waals surface area (Å²) in [5.74, 6) is 0.596. The average Bonchev–Trinajstić information content (AvgIpc) is 2.28. The van der Waals surface area contributed by atoms with E-state index in [-0.39, 0.29) is 11.5 Å². The van der Waals surface area contributed by atoms with Gasteiger partial charge in [-0.25, -0.2) is 0 Å². The molecule has 1 atom stereocenters. The molecule has 1 aromatic carbocycles. The van der Waals surface area contributed by atoms with E-state index in [4.69, 9.17) is 5.73 Å². The summed E-state index contributed by atoms with van der Waals surface area (Å²) in [5.41, 5.74) is 8.67. The molecule has 0 bridgehead atoms. The summed E-state index contributed by atoms with van der Waals surface area (Å²) in [6, 6.07) is 9.20. The fraction of sp³-hybridized carbons (Fsp3) is 0.625. The molecule has 0 aliphatic carbocycles. The van der Waals surface area contributed by atoms with Gasteiger partial charge in [-0.05, 0) is 24.0 Å². The summed E-state index contributed by atoms with van der Waals surface area (Å²) in [4.78, 5) is 0. The van der Waals surface area contributed by atoms with Crippen LogP contribution >= 0.6 is 0 Å². The van der Waals surface area contributed by atoms with Crippen LogP contribution in [-0.2, 0) is 5.41 Å². The first-order valence-electron chi connectivity index (χ1n) is 6.89. The summed E-state index contributed by atoms with van der Waals surface area (Å²) in [7, 11) is 0. The van der Waals surface area contributed by atoms with Crippen molar-refractivity contribution >= 4 is 0 Å². The van der Waals surface area contributed by atoms with E-state index in [2.05, 4.69) is 57.3 Å². The molecule has 1 rings (SSSR count). The van der Waals surface area contributed by atoms with Crippen LogP contribution in [-0.4, -0.2) is 19.1 Å². The van der Waals surface area contributed by atoms with Crippen LogP contribution in [0.3, 0.4) is 0 Å². The molecular weight excluding hydrogens is 220 g/mol. The molecular formula is C16H28N2. The van der Waals surface area contributed by atoms with Gasteiger partial charge in [-0.15, -0.1) is 0 Å². The maximum absolute atomic E-state index is 5.75. The topological polar surface area (TPSA) is 38.0 Å². The van der Waals surface area contributed by atoms with Gasteiger partial charge in [0.15, 0.2) is 0 Å². The van der Waals surface area contributed by atoms with E-state index >= 15 is 0 Å². The van der Waals surface area contributed by atoms with Crippen molar-refractivity contribution in [3.8, 4) is 0 Å². The average molecular weight is 248 g/mol. The summed E-state index contributed by atoms with van der Waals surface area (Å²) in [5, 5.41) is 3.44. The van der Waals surface area contributed by atoms with Gasteiger partial charge >= 0.3 is 0 Å². The summed E-state index contributed by atoms with van der Waals surface area (Å²) in [6.45, 7) is 12.8. The Balaban J connectivity index is 2.66. The van der Waals surface area contributed by atoms with E-state index in [1.807, 2.05) is 6.92 Å². The Morgan fingerprint density at radius 2 is 1.67 bits per heavy atom. The summed E-state index contributed by atoms with van der Waals surface area (Å²) >= 11 is 0. The Kier molecular flexibility index (Phi) is 5.36. The molecule has 102 valence electrons. The van der Waals surface area contributed by atoms with E-state index in [1.54, 1.807) is 0 Å². The van der Waals surface area contributed by atoms with Gasteiger partial charge in [-0.3, -0.25) is 0 Å². The van der Waals surface area contributed by atoms with Crippen molar-refractivity contribution in [3.63, 3.8) is 0 Å². The third-order valence-corrected chi connectivity index (χ3v) is 3.39. The highest BCUT2D eigenvalue weighted by Gasteiger charge is 2.20. The maximum Gasteiger partial charge on any atom is 0.0136 e. The lowest BCUT2D eigenvalue weighted by Crippen LogP contribution is -2.38. The Hall–Kier alpha value is -0.860. The second-order valence-corrected chi connectivity index (χ2v) is 6.27. The minimum atomic E-state index is 0.143. The van der Waals surface area contributed by atoms with Crippen LogP contribution < -0.4 is 11.1 Å². The van der Waals surface area contributed by atoms with E-state index < -0.39 is 0 Å². The third kappa shape index (κ3) is 4.43. The highest BCUT2D eigenvalue weighted by molar-refractivity contribution is 5.29. The normalized spacial score (nSPS) is 13.9. The highest BCUT2D eigenvalue weighted by Crippen LogP contribution is 2.24. The summed E-state index contributed by atoms with van der Waals surface area (Å²) in [6.07, 6.45) is 0. The van der Waals surface area contributed by atoms with Crippen molar-refractivity contribution in [1.82, 2.24) is 5.32 Å². The van der Waals surface area contributed by atoms with Crippen LogP contribution in [0.25, 0.3) is 0 Å². The Labute approximate surface area is 112 Å². The van der Waals surface area contributed by atoms with Gasteiger partial charge in [0.2, 0.25) is 0 Å². The first kappa shape index (κ1) is 15.2. The van der Waals surface area contributed by atoms with Gasteiger partial charge < -0.3 is 11.1 Å². The van der Waals surface area contributed by atoms with Crippen LogP contribution in [0.15, 0.2) is 24.3 Å². The number of rotatable bonds is 6. The van der Waals surface area contributed by atoms with Crippen molar-refractivity contribution in [2.75, 3.05) is 13.1 Å². The monoisotopic (exact) mass is 248 g/mol. The molecule has 1 aromatic rings. The molecule has 2 heteroatoms. The van der Waals surface area contributed by atoms with Crippen LogP contribution in [0.5, 0.6) is 0 Å². The predicted octanol–water partition coefficient (Wildman–Crippen LogP) is 3.02. The molecule has 2 nitrogen and oxygen atoms in total. The van der Waals surface area contributed by atoms with Gasteiger partial charge in [0, 0.05) is 24.5 Å². The molecule has 18 heavy (non-hydrogen) atoms. The highest BCUT2D eigenvalue weighted by atomic mass is 14.9. The smallest absolute Gasteiger partial charge is 0.0136 e. The fourth-order valence-electron chi connectivity index (χ4n) is 2.03. The molecule has 0 spiro atoms. The second kappa shape index (κ2) is 6.35. The first-order valence-corrected chi connectivity index (χ1v) is 6.89. The number of hydrogen-bond donors (Lipinski definition) is 2. The van der Waals surface area contributed by atoms with Crippen molar-refractivity contribution in [3.05, 3.63) is 35.4 Å². The van der Waals surface area contributed by atoms with Crippen LogP contribution in [0.2, 0.25) is 0 Å². The van der Waals surface area contributed by atoms with E-state index in [9.17, 15) is 0 Å². The molecule has 1 unspecified atom stereocenters. The minimum Gasteiger partial charge on any atom is -0.327 e. The molecule has 3 N–H and O–H groups in total. The van der Waals surface area contributed by atoms with Gasteiger partial charge in [-0.2, -0.15) is 0 Å². The molecule has 0 saturated heterocycles. The fourth-order valence-corrected chi connectivity index (χ4v) is 2.03. The lowest BCUT2D eigenvalue weighted by molar-refractivity contribution is 0.458. The molecule has 0 aliphatic heterocycles. The van der Waals surface area contributed by atoms with Gasteiger partial charge in [0.05, 0.1) is 0 Å². The SMILES string of the molecule is CC(N)CNCC(C)(C)c1ccc(C(C)C)cc1. The zero-order valence-electron chi connectivity index (χ0n) is 12.5. The number of benzene rings is 1. The second-order valence-electron chi connectivity index (χ2n) is 6.27. The largest absolute Gasteiger partial charge is 0.327 e. The molecule has 0 fully saturated rings. The van der Waals surface area contributed by atoms with Gasteiger partial charge in [0.25, 0.3) is 0 Å². The van der Waals surface area contributed by atoms with Crippen LogP contribution in [0.1, 0.15) is 51.7 Å². The quantitative estimate of drug-likeness (QED) is 0.812. The third-order valence-electron chi connectivity index (χ3n) is 3.39. The van der Waals surface area contributed by atoms with E-state index in [0.29, 0.717) is 5.92 Å². The maximum atomic E-state index is 5.75. The minimum absolute atomic E-state index is 0.143. The molecule has 0 saturated carbocycles. The standard InChI is InChI=1S/C16H28N2/c1-12(2)14-6-8-15(9-7-14)16(4,5)11-18-10-13(3)17/h6-9,12-13,18H,10-11,17H2,1-5H3. The summed E-state index contributed by atoms with van der Waals surface area (Å²) < 4.78 is 0. The van der Waals surface area contributed by atoms with Crippen LogP contribution in [0.4, 0.5) is 0 Å². The van der Waals surface area contributed by atoms with Crippen molar-refractivity contribution in [2.45, 2.75) is 52.0 Å².